The van der Waals surface area contributed by atoms with Crippen molar-refractivity contribution in [3.63, 3.8) is 0 Å². The van der Waals surface area contributed by atoms with Gasteiger partial charge in [-0.2, -0.15) is 0 Å². The van der Waals surface area contributed by atoms with Gasteiger partial charge in [-0.05, 0) is 37.3 Å². The highest BCUT2D eigenvalue weighted by molar-refractivity contribution is 5.87. The fraction of sp³-hybridized carbons (Fsp3) is 0.538. The molecular formula is C13H18N2O2. The highest BCUT2D eigenvalue weighted by Crippen LogP contribution is 2.26. The van der Waals surface area contributed by atoms with E-state index in [1.807, 2.05) is 0 Å². The summed E-state index contributed by atoms with van der Waals surface area (Å²) >= 11 is 0. The van der Waals surface area contributed by atoms with Crippen LogP contribution in [0.3, 0.4) is 0 Å². The second kappa shape index (κ2) is 5.17. The molecule has 1 heterocycles. The molecule has 0 amide bonds. The van der Waals surface area contributed by atoms with Crippen LogP contribution in [0.15, 0.2) is 18.2 Å². The van der Waals surface area contributed by atoms with Gasteiger partial charge in [0.2, 0.25) is 0 Å². The van der Waals surface area contributed by atoms with E-state index in [9.17, 15) is 4.79 Å². The van der Waals surface area contributed by atoms with Crippen molar-refractivity contribution in [2.75, 3.05) is 5.73 Å². The Bertz CT molecular complexity index is 406. The van der Waals surface area contributed by atoms with E-state index in [-0.39, 0.29) is 12.1 Å². The zero-order valence-corrected chi connectivity index (χ0v) is 10.1. The summed E-state index contributed by atoms with van der Waals surface area (Å²) < 4.78 is 5.49. The van der Waals surface area contributed by atoms with Gasteiger partial charge in [-0.25, -0.2) is 9.78 Å². The molecule has 1 aliphatic carbocycles. The van der Waals surface area contributed by atoms with Crippen molar-refractivity contribution in [3.8, 4) is 0 Å². The maximum Gasteiger partial charge on any atom is 0.357 e. The first-order valence-electron chi connectivity index (χ1n) is 6.10. The number of hydrogen-bond donors (Lipinski definition) is 1. The molecule has 2 rings (SSSR count). The van der Waals surface area contributed by atoms with Crippen molar-refractivity contribution in [1.82, 2.24) is 4.98 Å². The van der Waals surface area contributed by atoms with Crippen LogP contribution in [0.5, 0.6) is 0 Å². The van der Waals surface area contributed by atoms with E-state index in [0.29, 0.717) is 17.4 Å². The average molecular weight is 234 g/mol. The number of carbonyl (C=O) groups is 1. The van der Waals surface area contributed by atoms with Crippen molar-refractivity contribution in [2.45, 2.75) is 38.7 Å². The number of pyridine rings is 1. The summed E-state index contributed by atoms with van der Waals surface area (Å²) in [6.45, 7) is 2.13. The SMILES string of the molecule is CC1CCCCC1OC(=O)c1cccc(N)n1. The lowest BCUT2D eigenvalue weighted by Crippen LogP contribution is -2.28. The fourth-order valence-electron chi connectivity index (χ4n) is 2.22. The normalized spacial score (nSPS) is 24.3. The number of anilines is 1. The quantitative estimate of drug-likeness (QED) is 0.798. The molecule has 0 radical (unpaired) electrons. The lowest BCUT2D eigenvalue weighted by Gasteiger charge is -2.28. The Balaban J connectivity index is 2.01. The van der Waals surface area contributed by atoms with Crippen molar-refractivity contribution < 1.29 is 9.53 Å². The lowest BCUT2D eigenvalue weighted by molar-refractivity contribution is 0.00422. The number of aromatic nitrogens is 1. The first-order chi connectivity index (χ1) is 8.16. The number of carbonyl (C=O) groups excluding carboxylic acids is 1. The van der Waals surface area contributed by atoms with Gasteiger partial charge in [0.25, 0.3) is 0 Å². The van der Waals surface area contributed by atoms with Crippen LogP contribution in [0.4, 0.5) is 5.82 Å². The van der Waals surface area contributed by atoms with Gasteiger partial charge in [0.05, 0.1) is 0 Å². The Kier molecular flexibility index (Phi) is 3.61. The maximum absolute atomic E-state index is 11.9. The van der Waals surface area contributed by atoms with Crippen LogP contribution in [0.2, 0.25) is 0 Å². The van der Waals surface area contributed by atoms with Gasteiger partial charge < -0.3 is 10.5 Å². The molecule has 1 aliphatic rings. The van der Waals surface area contributed by atoms with E-state index in [1.165, 1.54) is 6.42 Å². The molecule has 0 spiro atoms. The Labute approximate surface area is 101 Å². The Morgan fingerprint density at radius 1 is 1.41 bits per heavy atom. The number of nitrogen functional groups attached to an aromatic ring is 1. The molecule has 0 aromatic carbocycles. The number of rotatable bonds is 2. The van der Waals surface area contributed by atoms with Crippen LogP contribution in [-0.2, 0) is 4.74 Å². The summed E-state index contributed by atoms with van der Waals surface area (Å²) in [6, 6.07) is 5.00. The molecule has 0 bridgehead atoms. The van der Waals surface area contributed by atoms with Crippen molar-refractivity contribution >= 4 is 11.8 Å². The molecule has 0 saturated heterocycles. The van der Waals surface area contributed by atoms with E-state index in [4.69, 9.17) is 10.5 Å². The smallest absolute Gasteiger partial charge is 0.357 e. The largest absolute Gasteiger partial charge is 0.457 e. The van der Waals surface area contributed by atoms with Crippen LogP contribution in [0.25, 0.3) is 0 Å². The number of esters is 1. The predicted octanol–water partition coefficient (Wildman–Crippen LogP) is 2.40. The molecule has 92 valence electrons. The van der Waals surface area contributed by atoms with Gasteiger partial charge in [0.1, 0.15) is 11.9 Å². The number of ether oxygens (including phenoxy) is 1. The molecule has 4 heteroatoms. The van der Waals surface area contributed by atoms with Crippen molar-refractivity contribution in [1.29, 1.82) is 0 Å². The van der Waals surface area contributed by atoms with Gasteiger partial charge in [-0.15, -0.1) is 0 Å². The van der Waals surface area contributed by atoms with Crippen LogP contribution < -0.4 is 5.73 Å². The first kappa shape index (κ1) is 11.9. The molecule has 17 heavy (non-hydrogen) atoms. The summed E-state index contributed by atoms with van der Waals surface area (Å²) in [5, 5.41) is 0. The van der Waals surface area contributed by atoms with Crippen molar-refractivity contribution in [3.05, 3.63) is 23.9 Å². The second-order valence-electron chi connectivity index (χ2n) is 4.65. The molecule has 2 unspecified atom stereocenters. The maximum atomic E-state index is 11.9. The minimum atomic E-state index is -0.365. The fourth-order valence-corrected chi connectivity index (χ4v) is 2.22. The number of nitrogens with two attached hydrogens (primary N) is 1. The molecule has 1 aromatic heterocycles. The predicted molar refractivity (Wildman–Crippen MR) is 65.5 cm³/mol. The third-order valence-electron chi connectivity index (χ3n) is 3.27. The molecule has 1 aromatic rings. The van der Waals surface area contributed by atoms with E-state index in [1.54, 1.807) is 18.2 Å². The average Bonchev–Trinajstić information content (AvgIpc) is 2.32. The monoisotopic (exact) mass is 234 g/mol. The number of nitrogens with zero attached hydrogens (tertiary/aromatic N) is 1. The number of hydrogen-bond acceptors (Lipinski definition) is 4. The second-order valence-corrected chi connectivity index (χ2v) is 4.65. The van der Waals surface area contributed by atoms with Gasteiger partial charge in [-0.3, -0.25) is 0 Å². The Morgan fingerprint density at radius 3 is 2.88 bits per heavy atom. The van der Waals surface area contributed by atoms with Crippen LogP contribution >= 0.6 is 0 Å². The topological polar surface area (TPSA) is 65.2 Å². The standard InChI is InChI=1S/C13H18N2O2/c1-9-5-2-3-7-11(9)17-13(16)10-6-4-8-12(14)15-10/h4,6,8-9,11H,2-3,5,7H2,1H3,(H2,14,15). The summed E-state index contributed by atoms with van der Waals surface area (Å²) in [4.78, 5) is 15.8. The Morgan fingerprint density at radius 2 is 2.18 bits per heavy atom. The highest BCUT2D eigenvalue weighted by Gasteiger charge is 2.25. The zero-order chi connectivity index (χ0) is 12.3. The van der Waals surface area contributed by atoms with E-state index >= 15 is 0 Å². The van der Waals surface area contributed by atoms with Crippen LogP contribution in [-0.4, -0.2) is 17.1 Å². The third kappa shape index (κ3) is 2.96. The molecule has 4 nitrogen and oxygen atoms in total. The van der Waals surface area contributed by atoms with Gasteiger partial charge in [0, 0.05) is 0 Å². The minimum absolute atomic E-state index is 0.0273. The summed E-state index contributed by atoms with van der Waals surface area (Å²) in [5.74, 6) is 0.418. The van der Waals surface area contributed by atoms with Gasteiger partial charge in [0.15, 0.2) is 5.69 Å². The highest BCUT2D eigenvalue weighted by atomic mass is 16.5. The lowest BCUT2D eigenvalue weighted by atomic mass is 9.88. The van der Waals surface area contributed by atoms with Gasteiger partial charge >= 0.3 is 5.97 Å². The van der Waals surface area contributed by atoms with Crippen molar-refractivity contribution in [2.24, 2.45) is 5.92 Å². The van der Waals surface area contributed by atoms with E-state index < -0.39 is 0 Å². The molecule has 2 atom stereocenters. The minimum Gasteiger partial charge on any atom is -0.457 e. The molecule has 1 fully saturated rings. The summed E-state index contributed by atoms with van der Waals surface area (Å²) in [5.41, 5.74) is 5.83. The van der Waals surface area contributed by atoms with Crippen LogP contribution in [0.1, 0.15) is 43.1 Å². The summed E-state index contributed by atoms with van der Waals surface area (Å²) in [6.07, 6.45) is 4.47. The molecule has 2 N–H and O–H groups in total. The van der Waals surface area contributed by atoms with E-state index in [0.717, 1.165) is 19.3 Å². The first-order valence-corrected chi connectivity index (χ1v) is 6.10. The molecule has 0 aliphatic heterocycles. The summed E-state index contributed by atoms with van der Waals surface area (Å²) in [7, 11) is 0. The molecular weight excluding hydrogens is 216 g/mol. The molecule has 1 saturated carbocycles. The Hall–Kier alpha value is -1.58. The third-order valence-corrected chi connectivity index (χ3v) is 3.27. The van der Waals surface area contributed by atoms with Gasteiger partial charge in [-0.1, -0.05) is 19.4 Å². The van der Waals surface area contributed by atoms with E-state index in [2.05, 4.69) is 11.9 Å². The zero-order valence-electron chi connectivity index (χ0n) is 10.1. The van der Waals surface area contributed by atoms with Crippen LogP contribution in [0, 0.1) is 5.92 Å².